The summed E-state index contributed by atoms with van der Waals surface area (Å²) in [7, 11) is 0. The number of carbonyl (C=O) groups excluding carboxylic acids is 2. The molecule has 2 aliphatic heterocycles. The second-order valence-corrected chi connectivity index (χ2v) is 12.9. The van der Waals surface area contributed by atoms with Crippen molar-refractivity contribution in [3.63, 3.8) is 0 Å². The van der Waals surface area contributed by atoms with E-state index in [4.69, 9.17) is 4.74 Å². The summed E-state index contributed by atoms with van der Waals surface area (Å²) in [4.78, 5) is 30.7. The van der Waals surface area contributed by atoms with Crippen molar-refractivity contribution in [1.29, 1.82) is 0 Å². The molecule has 1 saturated heterocycles. The highest BCUT2D eigenvalue weighted by atomic mass is 79.9. The first-order chi connectivity index (χ1) is 21.7. The van der Waals surface area contributed by atoms with Crippen LogP contribution in [0.15, 0.2) is 70.7 Å². The fraction of sp³-hybridized carbons (Fsp3) is 0.371. The molecular formula is C35H35BrF3N3O3. The van der Waals surface area contributed by atoms with Crippen molar-refractivity contribution in [3.05, 3.63) is 105 Å². The van der Waals surface area contributed by atoms with E-state index >= 15 is 0 Å². The fourth-order valence-electron chi connectivity index (χ4n) is 6.31. The zero-order valence-electron chi connectivity index (χ0n) is 25.0. The maximum Gasteiger partial charge on any atom is 0.252 e. The summed E-state index contributed by atoms with van der Waals surface area (Å²) in [6.07, 6.45) is 3.62. The van der Waals surface area contributed by atoms with Gasteiger partial charge in [0.15, 0.2) is 17.4 Å². The number of aryl methyl sites for hydroxylation is 1. The summed E-state index contributed by atoms with van der Waals surface area (Å²) >= 11 is 3.64. The van der Waals surface area contributed by atoms with E-state index in [9.17, 15) is 22.8 Å². The third-order valence-corrected chi connectivity index (χ3v) is 9.56. The molecule has 0 unspecified atom stereocenters. The van der Waals surface area contributed by atoms with E-state index in [1.165, 1.54) is 0 Å². The van der Waals surface area contributed by atoms with Gasteiger partial charge in [0.2, 0.25) is 11.7 Å². The monoisotopic (exact) mass is 681 g/mol. The molecular weight excluding hydrogens is 647 g/mol. The van der Waals surface area contributed by atoms with Crippen molar-refractivity contribution in [2.24, 2.45) is 0 Å². The average Bonchev–Trinajstić information content (AvgIpc) is 3.87. The standard InChI is InChI=1S/C35H35BrF3N3O3/c1-21(43)41-19-25-17-27(23-10-8-22(9-11-23)5-4-16-45-34-30(38)15-14-29(37)33(34)39)32(31(20-41)40-25)35(44)42(26-12-13-26)18-24-6-2-3-7-28(24)36/h2-3,6-11,14-15,25-26,31,40H,4-5,12-13,16-20H2,1H3/t25-,31-/m1/s1. The van der Waals surface area contributed by atoms with Crippen LogP contribution in [0, 0.1) is 17.5 Å². The molecule has 3 aromatic carbocycles. The number of halogens is 4. The highest BCUT2D eigenvalue weighted by Crippen LogP contribution is 2.38. The zero-order valence-corrected chi connectivity index (χ0v) is 26.6. The number of carbonyl (C=O) groups is 2. The maximum absolute atomic E-state index is 14.5. The lowest BCUT2D eigenvalue weighted by atomic mass is 9.82. The van der Waals surface area contributed by atoms with Crippen molar-refractivity contribution in [2.45, 2.75) is 63.7 Å². The number of fused-ring (bicyclic) bond motifs is 2. The molecule has 2 amide bonds. The number of ether oxygens (including phenoxy) is 1. The zero-order chi connectivity index (χ0) is 31.7. The molecule has 2 heterocycles. The topological polar surface area (TPSA) is 61.9 Å². The molecule has 3 aliphatic rings. The number of amides is 2. The Morgan fingerprint density at radius 1 is 1.00 bits per heavy atom. The molecule has 2 bridgehead atoms. The van der Waals surface area contributed by atoms with E-state index in [1.54, 1.807) is 6.92 Å². The normalized spacial score (nSPS) is 19.4. The van der Waals surface area contributed by atoms with Gasteiger partial charge in [-0.05, 0) is 72.6 Å². The fourth-order valence-corrected chi connectivity index (χ4v) is 6.72. The molecule has 236 valence electrons. The van der Waals surface area contributed by atoms with Crippen LogP contribution in [0.25, 0.3) is 5.57 Å². The summed E-state index contributed by atoms with van der Waals surface area (Å²) in [5.41, 5.74) is 4.73. The van der Waals surface area contributed by atoms with Crippen LogP contribution in [0.3, 0.4) is 0 Å². The predicted octanol–water partition coefficient (Wildman–Crippen LogP) is 6.42. The van der Waals surface area contributed by atoms with E-state index in [1.807, 2.05) is 58.3 Å². The Morgan fingerprint density at radius 2 is 1.73 bits per heavy atom. The molecule has 45 heavy (non-hydrogen) atoms. The van der Waals surface area contributed by atoms with Crippen molar-refractivity contribution in [2.75, 3.05) is 19.7 Å². The molecule has 2 fully saturated rings. The summed E-state index contributed by atoms with van der Waals surface area (Å²) in [6.45, 7) is 3.13. The Labute approximate surface area is 269 Å². The minimum Gasteiger partial charge on any atom is -0.488 e. The smallest absolute Gasteiger partial charge is 0.252 e. The Hall–Kier alpha value is -3.63. The van der Waals surface area contributed by atoms with Gasteiger partial charge in [-0.3, -0.25) is 9.59 Å². The van der Waals surface area contributed by atoms with Crippen molar-refractivity contribution in [3.8, 4) is 5.75 Å². The van der Waals surface area contributed by atoms with Gasteiger partial charge in [-0.2, -0.15) is 4.39 Å². The number of rotatable bonds is 10. The lowest BCUT2D eigenvalue weighted by Gasteiger charge is -2.44. The quantitative estimate of drug-likeness (QED) is 0.198. The van der Waals surface area contributed by atoms with Crippen LogP contribution >= 0.6 is 15.9 Å². The number of nitrogens with zero attached hydrogens (tertiary/aromatic N) is 2. The number of piperazine rings is 1. The van der Waals surface area contributed by atoms with Crippen LogP contribution in [0.5, 0.6) is 5.75 Å². The minimum absolute atomic E-state index is 0.00245. The van der Waals surface area contributed by atoms with Gasteiger partial charge in [0.1, 0.15) is 0 Å². The van der Waals surface area contributed by atoms with Crippen molar-refractivity contribution < 1.29 is 27.5 Å². The third kappa shape index (κ3) is 6.97. The number of nitrogens with one attached hydrogen (secondary N) is 1. The number of benzene rings is 3. The largest absolute Gasteiger partial charge is 0.488 e. The lowest BCUT2D eigenvalue weighted by Crippen LogP contribution is -2.61. The van der Waals surface area contributed by atoms with Crippen LogP contribution in [0.4, 0.5) is 13.2 Å². The molecule has 6 nitrogen and oxygen atoms in total. The Morgan fingerprint density at radius 3 is 2.44 bits per heavy atom. The summed E-state index contributed by atoms with van der Waals surface area (Å²) in [6, 6.07) is 17.5. The van der Waals surface area contributed by atoms with Gasteiger partial charge >= 0.3 is 0 Å². The summed E-state index contributed by atoms with van der Waals surface area (Å²) in [5, 5.41) is 3.63. The summed E-state index contributed by atoms with van der Waals surface area (Å²) in [5.74, 6) is -4.11. The lowest BCUT2D eigenvalue weighted by molar-refractivity contribution is -0.132. The van der Waals surface area contributed by atoms with E-state index < -0.39 is 23.2 Å². The highest BCUT2D eigenvalue weighted by Gasteiger charge is 2.43. The minimum atomic E-state index is -1.33. The van der Waals surface area contributed by atoms with Crippen LogP contribution in [0.2, 0.25) is 0 Å². The highest BCUT2D eigenvalue weighted by molar-refractivity contribution is 9.10. The molecule has 6 rings (SSSR count). The van der Waals surface area contributed by atoms with Crippen LogP contribution < -0.4 is 10.1 Å². The molecule has 2 atom stereocenters. The first kappa shape index (κ1) is 31.4. The van der Waals surface area contributed by atoms with Crippen molar-refractivity contribution >= 4 is 33.3 Å². The molecule has 0 spiro atoms. The van der Waals surface area contributed by atoms with Crippen LogP contribution in [0.1, 0.15) is 49.3 Å². The second kappa shape index (κ2) is 13.4. The number of hydrogen-bond acceptors (Lipinski definition) is 4. The third-order valence-electron chi connectivity index (χ3n) is 8.79. The van der Waals surface area contributed by atoms with Gasteiger partial charge in [-0.25, -0.2) is 8.78 Å². The first-order valence-electron chi connectivity index (χ1n) is 15.3. The van der Waals surface area contributed by atoms with Gasteiger partial charge in [-0.15, -0.1) is 0 Å². The number of hydrogen-bond donors (Lipinski definition) is 1. The SMILES string of the molecule is CC(=O)N1C[C@H]2CC(c3ccc(CCCOc4c(F)ccc(F)c4F)cc3)=C(C(=O)N(Cc3ccccc3Br)C3CC3)[C@@H](C1)N2. The molecule has 1 saturated carbocycles. The van der Waals surface area contributed by atoms with Crippen molar-refractivity contribution in [1.82, 2.24) is 15.1 Å². The average molecular weight is 683 g/mol. The second-order valence-electron chi connectivity index (χ2n) is 12.0. The van der Waals surface area contributed by atoms with E-state index in [0.717, 1.165) is 57.3 Å². The van der Waals surface area contributed by atoms with E-state index in [0.29, 0.717) is 38.9 Å². The Balaban J connectivity index is 1.23. The molecule has 0 radical (unpaired) electrons. The molecule has 1 aliphatic carbocycles. The molecule has 1 N–H and O–H groups in total. The predicted molar refractivity (Wildman–Crippen MR) is 169 cm³/mol. The van der Waals surface area contributed by atoms with Gasteiger partial charge in [-0.1, -0.05) is 58.4 Å². The van der Waals surface area contributed by atoms with Gasteiger partial charge in [0.05, 0.1) is 12.6 Å². The van der Waals surface area contributed by atoms with Gasteiger partial charge in [0, 0.05) is 48.7 Å². The Bertz CT molecular complexity index is 1630. The summed E-state index contributed by atoms with van der Waals surface area (Å²) < 4.78 is 47.4. The van der Waals surface area contributed by atoms with E-state index in [-0.39, 0.29) is 36.5 Å². The molecule has 3 aromatic rings. The van der Waals surface area contributed by atoms with E-state index in [2.05, 4.69) is 21.2 Å². The van der Waals surface area contributed by atoms with Crippen LogP contribution in [-0.2, 0) is 22.6 Å². The van der Waals surface area contributed by atoms with Gasteiger partial charge < -0.3 is 19.9 Å². The molecule has 10 heteroatoms. The Kier molecular flexibility index (Phi) is 9.33. The van der Waals surface area contributed by atoms with Crippen LogP contribution in [-0.4, -0.2) is 59.4 Å². The molecule has 0 aromatic heterocycles. The first-order valence-corrected chi connectivity index (χ1v) is 16.1. The maximum atomic E-state index is 14.5. The van der Waals surface area contributed by atoms with Gasteiger partial charge in [0.25, 0.3) is 5.91 Å².